The van der Waals surface area contributed by atoms with Crippen LogP contribution in [0.25, 0.3) is 0 Å². The minimum Gasteiger partial charge on any atom is -0.460 e. The van der Waals surface area contributed by atoms with E-state index in [1.807, 2.05) is 0 Å². The number of rotatable bonds is 10. The Balaban J connectivity index is 4.74. The van der Waals surface area contributed by atoms with Gasteiger partial charge in [-0.15, -0.1) is 0 Å². The summed E-state index contributed by atoms with van der Waals surface area (Å²) in [6, 6.07) is 0.852. The maximum absolute atomic E-state index is 11.2. The second-order valence-corrected chi connectivity index (χ2v) is 8.08. The van der Waals surface area contributed by atoms with Gasteiger partial charge in [-0.25, -0.2) is 9.59 Å². The minimum absolute atomic E-state index is 0.385. The molecule has 0 aromatic carbocycles. The number of ether oxygens (including phenoxy) is 2. The van der Waals surface area contributed by atoms with Crippen LogP contribution in [0.2, 0.25) is 12.1 Å². The molecule has 0 aliphatic rings. The molecule has 0 rings (SSSR count). The van der Waals surface area contributed by atoms with Crippen molar-refractivity contribution in [1.29, 1.82) is 0 Å². The Morgan fingerprint density at radius 2 is 1.29 bits per heavy atom. The fraction of sp³-hybridized carbons (Fsp3) is 0.571. The molecule has 0 saturated carbocycles. The largest absolute Gasteiger partial charge is 0.460 e. The maximum Gasteiger partial charge on any atom is 0.345 e. The Labute approximate surface area is 127 Å². The topological polar surface area (TPSA) is 71.1 Å². The van der Waals surface area contributed by atoms with E-state index >= 15 is 0 Å². The van der Waals surface area contributed by atoms with Gasteiger partial charge in [-0.3, -0.25) is 0 Å². The number of hydrogen-bond acceptors (Lipinski definition) is 6. The first-order chi connectivity index (χ1) is 9.82. The standard InChI is InChI=1S/C14H24O6Si/c1-7-13(15)19-11(3)9-21(17-5,18-6)10-12(4)20-14(16)8-2/h7-8,11-12H,1-2,9-10H2,3-6H3. The molecule has 21 heavy (non-hydrogen) atoms. The van der Waals surface area contributed by atoms with Crippen molar-refractivity contribution in [3.05, 3.63) is 25.3 Å². The predicted molar refractivity (Wildman–Crippen MR) is 80.9 cm³/mol. The van der Waals surface area contributed by atoms with Crippen LogP contribution < -0.4 is 0 Å². The van der Waals surface area contributed by atoms with E-state index in [1.165, 1.54) is 0 Å². The van der Waals surface area contributed by atoms with Crippen LogP contribution in [-0.4, -0.2) is 46.9 Å². The van der Waals surface area contributed by atoms with Crippen LogP contribution in [0, 0.1) is 0 Å². The van der Waals surface area contributed by atoms with E-state index < -0.39 is 20.5 Å². The molecular weight excluding hydrogens is 292 g/mol. The Bertz CT molecular complexity index is 346. The molecule has 120 valence electrons. The Kier molecular flexibility index (Phi) is 8.83. The van der Waals surface area contributed by atoms with E-state index in [2.05, 4.69) is 13.2 Å². The summed E-state index contributed by atoms with van der Waals surface area (Å²) in [5, 5.41) is 0. The lowest BCUT2D eigenvalue weighted by atomic mass is 10.4. The molecule has 0 heterocycles. The van der Waals surface area contributed by atoms with E-state index in [0.29, 0.717) is 12.1 Å². The zero-order chi connectivity index (χ0) is 16.5. The van der Waals surface area contributed by atoms with Gasteiger partial charge < -0.3 is 18.3 Å². The predicted octanol–water partition coefficient (Wildman–Crippen LogP) is 1.96. The van der Waals surface area contributed by atoms with Crippen molar-refractivity contribution < 1.29 is 27.9 Å². The Hall–Kier alpha value is -1.44. The van der Waals surface area contributed by atoms with Crippen molar-refractivity contribution in [2.75, 3.05) is 14.2 Å². The number of carbonyl (C=O) groups is 2. The van der Waals surface area contributed by atoms with E-state index in [0.717, 1.165) is 12.2 Å². The van der Waals surface area contributed by atoms with Gasteiger partial charge in [0.25, 0.3) is 0 Å². The highest BCUT2D eigenvalue weighted by atomic mass is 28.4. The molecule has 0 spiro atoms. The third-order valence-electron chi connectivity index (χ3n) is 2.91. The molecular formula is C14H24O6Si. The maximum atomic E-state index is 11.2. The van der Waals surface area contributed by atoms with Gasteiger partial charge in [-0.2, -0.15) is 0 Å². The first kappa shape index (κ1) is 19.6. The third-order valence-corrected chi connectivity index (χ3v) is 6.79. The molecule has 6 nitrogen and oxygen atoms in total. The smallest absolute Gasteiger partial charge is 0.345 e. The monoisotopic (exact) mass is 316 g/mol. The summed E-state index contributed by atoms with van der Waals surface area (Å²) in [5.74, 6) is -0.993. The average Bonchev–Trinajstić information content (AvgIpc) is 2.45. The van der Waals surface area contributed by atoms with Gasteiger partial charge >= 0.3 is 20.5 Å². The number of hydrogen-bond donors (Lipinski definition) is 0. The van der Waals surface area contributed by atoms with E-state index in [4.69, 9.17) is 18.3 Å². The molecule has 0 aromatic rings. The van der Waals surface area contributed by atoms with Crippen LogP contribution in [0.4, 0.5) is 0 Å². The van der Waals surface area contributed by atoms with E-state index in [9.17, 15) is 9.59 Å². The molecule has 0 aromatic heterocycles. The van der Waals surface area contributed by atoms with Crippen LogP contribution in [0.1, 0.15) is 13.8 Å². The Morgan fingerprint density at radius 3 is 1.52 bits per heavy atom. The SMILES string of the molecule is C=CC(=O)OC(C)C[Si](CC(C)OC(=O)C=C)(OC)OC. The lowest BCUT2D eigenvalue weighted by molar-refractivity contribution is -0.141. The molecule has 0 amide bonds. The molecule has 7 heteroatoms. The van der Waals surface area contributed by atoms with Crippen molar-refractivity contribution in [3.8, 4) is 0 Å². The Morgan fingerprint density at radius 1 is 0.952 bits per heavy atom. The molecule has 0 fully saturated rings. The van der Waals surface area contributed by atoms with Crippen LogP contribution >= 0.6 is 0 Å². The highest BCUT2D eigenvalue weighted by molar-refractivity contribution is 6.67. The molecule has 0 radical (unpaired) electrons. The summed E-state index contributed by atoms with van der Waals surface area (Å²) < 4.78 is 21.4. The minimum atomic E-state index is -2.65. The summed E-state index contributed by atoms with van der Waals surface area (Å²) in [6.07, 6.45) is 1.44. The quantitative estimate of drug-likeness (QED) is 0.348. The summed E-state index contributed by atoms with van der Waals surface area (Å²) in [7, 11) is 0.431. The van der Waals surface area contributed by atoms with Crippen molar-refractivity contribution in [2.45, 2.75) is 38.1 Å². The summed E-state index contributed by atoms with van der Waals surface area (Å²) in [6.45, 7) is 10.2. The van der Waals surface area contributed by atoms with Gasteiger partial charge in [0.2, 0.25) is 0 Å². The van der Waals surface area contributed by atoms with E-state index in [1.54, 1.807) is 28.1 Å². The molecule has 2 unspecified atom stereocenters. The molecule has 0 saturated heterocycles. The van der Waals surface area contributed by atoms with Gasteiger partial charge in [0.1, 0.15) is 12.2 Å². The lowest BCUT2D eigenvalue weighted by Crippen LogP contribution is -2.46. The van der Waals surface area contributed by atoms with Gasteiger partial charge in [-0.1, -0.05) is 13.2 Å². The van der Waals surface area contributed by atoms with Crippen LogP contribution in [-0.2, 0) is 27.9 Å². The number of esters is 2. The molecule has 0 aliphatic heterocycles. The summed E-state index contributed by atoms with van der Waals surface area (Å²) in [5.41, 5.74) is 0. The lowest BCUT2D eigenvalue weighted by Gasteiger charge is -2.31. The van der Waals surface area contributed by atoms with Crippen molar-refractivity contribution in [2.24, 2.45) is 0 Å². The zero-order valence-corrected chi connectivity index (χ0v) is 14.1. The molecule has 2 atom stereocenters. The first-order valence-electron chi connectivity index (χ1n) is 6.58. The second-order valence-electron chi connectivity index (χ2n) is 4.63. The van der Waals surface area contributed by atoms with Crippen molar-refractivity contribution in [1.82, 2.24) is 0 Å². The van der Waals surface area contributed by atoms with Crippen LogP contribution in [0.5, 0.6) is 0 Å². The van der Waals surface area contributed by atoms with E-state index in [-0.39, 0.29) is 12.2 Å². The second kappa shape index (κ2) is 9.49. The van der Waals surface area contributed by atoms with Gasteiger partial charge in [0.15, 0.2) is 0 Å². The summed E-state index contributed by atoms with van der Waals surface area (Å²) in [4.78, 5) is 22.4. The molecule has 0 N–H and O–H groups in total. The van der Waals surface area contributed by atoms with Gasteiger partial charge in [0, 0.05) is 38.5 Å². The fourth-order valence-electron chi connectivity index (χ4n) is 1.95. The third kappa shape index (κ3) is 7.21. The number of carbonyl (C=O) groups excluding carboxylic acids is 2. The van der Waals surface area contributed by atoms with Crippen molar-refractivity contribution >= 4 is 20.5 Å². The van der Waals surface area contributed by atoms with Crippen LogP contribution in [0.3, 0.4) is 0 Å². The molecule has 0 bridgehead atoms. The zero-order valence-electron chi connectivity index (χ0n) is 13.1. The summed E-state index contributed by atoms with van der Waals surface area (Å²) >= 11 is 0. The van der Waals surface area contributed by atoms with Gasteiger partial charge in [0.05, 0.1) is 0 Å². The first-order valence-corrected chi connectivity index (χ1v) is 8.82. The molecule has 0 aliphatic carbocycles. The average molecular weight is 316 g/mol. The van der Waals surface area contributed by atoms with Gasteiger partial charge in [-0.05, 0) is 13.8 Å². The highest BCUT2D eigenvalue weighted by Gasteiger charge is 2.40. The fourth-order valence-corrected chi connectivity index (χ4v) is 4.87. The van der Waals surface area contributed by atoms with Crippen molar-refractivity contribution in [3.63, 3.8) is 0 Å². The highest BCUT2D eigenvalue weighted by Crippen LogP contribution is 2.24. The van der Waals surface area contributed by atoms with Crippen LogP contribution in [0.15, 0.2) is 25.3 Å². The normalized spacial score (nSPS) is 13.9.